The van der Waals surface area contributed by atoms with Crippen molar-refractivity contribution in [1.82, 2.24) is 5.32 Å². The number of carbonyl (C=O) groups is 1. The SMILES string of the molecule is Cc1ccc(Cl)cc1NC(=O)CNCCS(C)(=O)=O. The third-order valence-electron chi connectivity index (χ3n) is 2.41. The molecule has 0 saturated carbocycles. The van der Waals surface area contributed by atoms with Gasteiger partial charge in [0.1, 0.15) is 9.84 Å². The Balaban J connectivity index is 2.41. The van der Waals surface area contributed by atoms with Gasteiger partial charge in [0.2, 0.25) is 5.91 Å². The zero-order chi connectivity index (χ0) is 14.5. The van der Waals surface area contributed by atoms with Crippen LogP contribution in [0.4, 0.5) is 5.69 Å². The molecule has 5 nitrogen and oxygen atoms in total. The summed E-state index contributed by atoms with van der Waals surface area (Å²) in [7, 11) is -3.00. The molecule has 0 aromatic heterocycles. The van der Waals surface area contributed by atoms with E-state index in [1.54, 1.807) is 12.1 Å². The van der Waals surface area contributed by atoms with Crippen LogP contribution in [0.1, 0.15) is 5.56 Å². The summed E-state index contributed by atoms with van der Waals surface area (Å²) in [5, 5.41) is 6.03. The van der Waals surface area contributed by atoms with Gasteiger partial charge in [-0.15, -0.1) is 0 Å². The van der Waals surface area contributed by atoms with Crippen molar-refractivity contribution in [3.05, 3.63) is 28.8 Å². The number of nitrogens with one attached hydrogen (secondary N) is 2. The van der Waals surface area contributed by atoms with E-state index in [0.717, 1.165) is 11.8 Å². The quantitative estimate of drug-likeness (QED) is 0.775. The van der Waals surface area contributed by atoms with E-state index in [2.05, 4.69) is 10.6 Å². The van der Waals surface area contributed by atoms with Crippen molar-refractivity contribution in [2.75, 3.05) is 30.4 Å². The fourth-order valence-electron chi connectivity index (χ4n) is 1.38. The van der Waals surface area contributed by atoms with Crippen LogP contribution in [0, 0.1) is 6.92 Å². The van der Waals surface area contributed by atoms with Gasteiger partial charge < -0.3 is 10.6 Å². The standard InChI is InChI=1S/C12H17ClN2O3S/c1-9-3-4-10(13)7-11(9)15-12(16)8-14-5-6-19(2,17)18/h3-4,7,14H,5-6,8H2,1-2H3,(H,15,16). The van der Waals surface area contributed by atoms with Crippen LogP contribution in [0.3, 0.4) is 0 Å². The van der Waals surface area contributed by atoms with Crippen molar-refractivity contribution in [2.45, 2.75) is 6.92 Å². The van der Waals surface area contributed by atoms with E-state index in [-0.39, 0.29) is 24.7 Å². The predicted molar refractivity (Wildman–Crippen MR) is 77.4 cm³/mol. The van der Waals surface area contributed by atoms with Crippen molar-refractivity contribution in [3.63, 3.8) is 0 Å². The van der Waals surface area contributed by atoms with E-state index < -0.39 is 9.84 Å². The van der Waals surface area contributed by atoms with Crippen LogP contribution in [-0.2, 0) is 14.6 Å². The average Bonchev–Trinajstić information content (AvgIpc) is 2.28. The molecular formula is C12H17ClN2O3S. The van der Waals surface area contributed by atoms with Crippen LogP contribution < -0.4 is 10.6 Å². The highest BCUT2D eigenvalue weighted by molar-refractivity contribution is 7.90. The van der Waals surface area contributed by atoms with Crippen LogP contribution in [-0.4, -0.2) is 39.4 Å². The van der Waals surface area contributed by atoms with Crippen molar-refractivity contribution >= 4 is 33.0 Å². The van der Waals surface area contributed by atoms with Gasteiger partial charge >= 0.3 is 0 Å². The minimum absolute atomic E-state index is 0.0104. The number of carbonyl (C=O) groups excluding carboxylic acids is 1. The monoisotopic (exact) mass is 304 g/mol. The molecule has 0 bridgehead atoms. The normalized spacial score (nSPS) is 11.3. The summed E-state index contributed by atoms with van der Waals surface area (Å²) in [5.41, 5.74) is 1.57. The number of benzene rings is 1. The lowest BCUT2D eigenvalue weighted by atomic mass is 10.2. The fraction of sp³-hybridized carbons (Fsp3) is 0.417. The van der Waals surface area contributed by atoms with Crippen molar-refractivity contribution < 1.29 is 13.2 Å². The largest absolute Gasteiger partial charge is 0.325 e. The van der Waals surface area contributed by atoms with Crippen molar-refractivity contribution in [1.29, 1.82) is 0 Å². The van der Waals surface area contributed by atoms with Crippen LogP contribution in [0.25, 0.3) is 0 Å². The molecule has 0 aliphatic rings. The number of sulfone groups is 1. The van der Waals surface area contributed by atoms with E-state index in [0.29, 0.717) is 10.7 Å². The van der Waals surface area contributed by atoms with Gasteiger partial charge in [-0.2, -0.15) is 0 Å². The summed E-state index contributed by atoms with van der Waals surface area (Å²) in [6, 6.07) is 5.23. The molecule has 0 spiro atoms. The number of anilines is 1. The fourth-order valence-corrected chi connectivity index (χ4v) is 2.07. The first-order valence-electron chi connectivity index (χ1n) is 5.72. The lowest BCUT2D eigenvalue weighted by Gasteiger charge is -2.09. The molecule has 0 aliphatic heterocycles. The third-order valence-corrected chi connectivity index (χ3v) is 3.59. The first-order chi connectivity index (χ1) is 8.78. The molecule has 0 aliphatic carbocycles. The molecular weight excluding hydrogens is 288 g/mol. The van der Waals surface area contributed by atoms with Crippen LogP contribution in [0.2, 0.25) is 5.02 Å². The van der Waals surface area contributed by atoms with Gasteiger partial charge in [0.05, 0.1) is 12.3 Å². The number of rotatable bonds is 6. The molecule has 106 valence electrons. The van der Waals surface area contributed by atoms with Gasteiger partial charge in [-0.3, -0.25) is 4.79 Å². The molecule has 2 N–H and O–H groups in total. The Bertz CT molecular complexity index is 558. The summed E-state index contributed by atoms with van der Waals surface area (Å²) >= 11 is 5.84. The molecule has 0 saturated heterocycles. The van der Waals surface area contributed by atoms with E-state index in [9.17, 15) is 13.2 Å². The highest BCUT2D eigenvalue weighted by Crippen LogP contribution is 2.19. The minimum atomic E-state index is -3.00. The van der Waals surface area contributed by atoms with Gasteiger partial charge in [-0.25, -0.2) is 8.42 Å². The molecule has 0 radical (unpaired) electrons. The predicted octanol–water partition coefficient (Wildman–Crippen LogP) is 1.22. The molecule has 1 rings (SSSR count). The maximum Gasteiger partial charge on any atom is 0.238 e. The Morgan fingerprint density at radius 1 is 1.37 bits per heavy atom. The van der Waals surface area contributed by atoms with E-state index >= 15 is 0 Å². The summed E-state index contributed by atoms with van der Waals surface area (Å²) in [6.45, 7) is 2.17. The second kappa shape index (κ2) is 6.88. The zero-order valence-electron chi connectivity index (χ0n) is 10.9. The van der Waals surface area contributed by atoms with Crippen molar-refractivity contribution in [3.8, 4) is 0 Å². The summed E-state index contributed by atoms with van der Waals surface area (Å²) in [5.74, 6) is -0.227. The molecule has 1 aromatic carbocycles. The number of hydrogen-bond acceptors (Lipinski definition) is 4. The summed E-state index contributed by atoms with van der Waals surface area (Å²) < 4.78 is 21.8. The minimum Gasteiger partial charge on any atom is -0.325 e. The van der Waals surface area contributed by atoms with E-state index in [1.165, 1.54) is 0 Å². The molecule has 1 amide bonds. The smallest absolute Gasteiger partial charge is 0.238 e. The molecule has 0 atom stereocenters. The third kappa shape index (κ3) is 6.56. The van der Waals surface area contributed by atoms with Crippen LogP contribution in [0.5, 0.6) is 0 Å². The molecule has 0 fully saturated rings. The van der Waals surface area contributed by atoms with Gasteiger partial charge in [-0.1, -0.05) is 17.7 Å². The molecule has 0 heterocycles. The van der Waals surface area contributed by atoms with Crippen LogP contribution in [0.15, 0.2) is 18.2 Å². The van der Waals surface area contributed by atoms with Gasteiger partial charge in [0, 0.05) is 23.5 Å². The Morgan fingerprint density at radius 2 is 2.05 bits per heavy atom. The second-order valence-corrected chi connectivity index (χ2v) is 7.01. The maximum absolute atomic E-state index is 11.6. The summed E-state index contributed by atoms with van der Waals surface area (Å²) in [6.07, 6.45) is 1.16. The Kier molecular flexibility index (Phi) is 5.78. The van der Waals surface area contributed by atoms with E-state index in [4.69, 9.17) is 11.6 Å². The Morgan fingerprint density at radius 3 is 2.68 bits per heavy atom. The topological polar surface area (TPSA) is 75.3 Å². The lowest BCUT2D eigenvalue weighted by molar-refractivity contribution is -0.115. The number of halogens is 1. The second-order valence-electron chi connectivity index (χ2n) is 4.31. The first-order valence-corrected chi connectivity index (χ1v) is 8.16. The zero-order valence-corrected chi connectivity index (χ0v) is 12.4. The van der Waals surface area contributed by atoms with E-state index in [1.807, 2.05) is 13.0 Å². The molecule has 19 heavy (non-hydrogen) atoms. The highest BCUT2D eigenvalue weighted by Gasteiger charge is 2.06. The van der Waals surface area contributed by atoms with Gasteiger partial charge in [-0.05, 0) is 24.6 Å². The molecule has 7 heteroatoms. The lowest BCUT2D eigenvalue weighted by Crippen LogP contribution is -2.31. The molecule has 1 aromatic rings. The van der Waals surface area contributed by atoms with Crippen LogP contribution >= 0.6 is 11.6 Å². The summed E-state index contributed by atoms with van der Waals surface area (Å²) in [4.78, 5) is 11.6. The van der Waals surface area contributed by atoms with Gasteiger partial charge in [0.25, 0.3) is 0 Å². The maximum atomic E-state index is 11.6. The first kappa shape index (κ1) is 15.9. The Hall–Kier alpha value is -1.11. The highest BCUT2D eigenvalue weighted by atomic mass is 35.5. The number of hydrogen-bond donors (Lipinski definition) is 2. The number of aryl methyl sites for hydroxylation is 1. The molecule has 0 unspecified atom stereocenters. The van der Waals surface area contributed by atoms with Crippen molar-refractivity contribution in [2.24, 2.45) is 0 Å². The average molecular weight is 305 g/mol. The van der Waals surface area contributed by atoms with Gasteiger partial charge in [0.15, 0.2) is 0 Å². The number of amides is 1. The Labute approximate surface area is 118 Å².